The molecule has 1 aliphatic rings. The Morgan fingerprint density at radius 1 is 1.31 bits per heavy atom. The lowest BCUT2D eigenvalue weighted by Crippen LogP contribution is -2.34. The second-order valence-corrected chi connectivity index (χ2v) is 9.38. The normalized spacial score (nSPS) is 17.4. The molecule has 0 aliphatic carbocycles. The van der Waals surface area contributed by atoms with Crippen LogP contribution in [-0.4, -0.2) is 71.1 Å². The van der Waals surface area contributed by atoms with E-state index >= 15 is 0 Å². The maximum atomic E-state index is 12.9. The van der Waals surface area contributed by atoms with Crippen LogP contribution < -0.4 is 16.0 Å². The van der Waals surface area contributed by atoms with E-state index in [1.807, 2.05) is 25.8 Å². The number of nitriles is 1. The molecule has 3 amide bonds. The molecule has 1 saturated heterocycles. The van der Waals surface area contributed by atoms with Crippen molar-refractivity contribution in [1.82, 2.24) is 20.1 Å². The fraction of sp³-hybridized carbons (Fsp3) is 0.542. The minimum atomic E-state index is -0.737. The predicted molar refractivity (Wildman–Crippen MR) is 138 cm³/mol. The summed E-state index contributed by atoms with van der Waals surface area (Å²) >= 11 is 1.41. The second-order valence-electron chi connectivity index (χ2n) is 8.16. The van der Waals surface area contributed by atoms with Gasteiger partial charge in [-0.25, -0.2) is 4.98 Å². The van der Waals surface area contributed by atoms with Crippen molar-refractivity contribution in [2.24, 2.45) is 5.92 Å². The van der Waals surface area contributed by atoms with Crippen molar-refractivity contribution in [3.05, 3.63) is 29.3 Å². The molecule has 1 fully saturated rings. The molecule has 1 aliphatic heterocycles. The van der Waals surface area contributed by atoms with Crippen molar-refractivity contribution in [3.8, 4) is 6.07 Å². The SMILES string of the molecule is CCCN(C)CC(=O)Nc1cccc(N/C=C2/SC(CCC(C#N)C(=O)NCC)N(CC)C2=O)n1. The lowest BCUT2D eigenvalue weighted by atomic mass is 10.0. The topological polar surface area (TPSA) is 130 Å². The van der Waals surface area contributed by atoms with Crippen LogP contribution in [-0.2, 0) is 14.4 Å². The maximum absolute atomic E-state index is 12.9. The summed E-state index contributed by atoms with van der Waals surface area (Å²) in [5.41, 5.74) is 0. The maximum Gasteiger partial charge on any atom is 0.262 e. The molecule has 35 heavy (non-hydrogen) atoms. The lowest BCUT2D eigenvalue weighted by Gasteiger charge is -2.22. The van der Waals surface area contributed by atoms with Crippen LogP contribution in [0.2, 0.25) is 0 Å². The Kier molecular flexibility index (Phi) is 11.5. The van der Waals surface area contributed by atoms with Gasteiger partial charge in [-0.05, 0) is 58.8 Å². The highest BCUT2D eigenvalue weighted by Crippen LogP contribution is 2.37. The summed E-state index contributed by atoms with van der Waals surface area (Å²) in [6.45, 7) is 7.89. The van der Waals surface area contributed by atoms with Crippen LogP contribution in [0, 0.1) is 17.2 Å². The molecule has 10 nitrogen and oxygen atoms in total. The first kappa shape index (κ1) is 28.1. The van der Waals surface area contributed by atoms with Crippen molar-refractivity contribution in [2.45, 2.75) is 45.4 Å². The Labute approximate surface area is 211 Å². The predicted octanol–water partition coefficient (Wildman–Crippen LogP) is 2.59. The molecule has 1 aromatic rings. The van der Waals surface area contributed by atoms with Crippen LogP contribution in [0.4, 0.5) is 11.6 Å². The van der Waals surface area contributed by atoms with Gasteiger partial charge in [0.25, 0.3) is 5.91 Å². The molecule has 2 atom stereocenters. The number of pyridine rings is 1. The standard InChI is InChI=1S/C24H35N7O3S/c1-5-13-30(4)16-21(32)29-20-10-8-9-19(28-20)27-15-18-24(34)31(7-3)22(35-18)12-11-17(14-25)23(33)26-6-2/h8-10,15,17,22H,5-7,11-13,16H2,1-4H3,(H,26,33)(H2,27,28,29,32)/b18-15+. The first-order valence-electron chi connectivity index (χ1n) is 11.9. The van der Waals surface area contributed by atoms with E-state index in [0.717, 1.165) is 13.0 Å². The molecule has 3 N–H and O–H groups in total. The van der Waals surface area contributed by atoms with Gasteiger partial charge in [-0.2, -0.15) is 5.26 Å². The van der Waals surface area contributed by atoms with Crippen molar-refractivity contribution >= 4 is 41.1 Å². The molecule has 2 rings (SSSR count). The Hall–Kier alpha value is -3.10. The van der Waals surface area contributed by atoms with Gasteiger partial charge in [0.1, 0.15) is 17.6 Å². The number of hydrogen-bond donors (Lipinski definition) is 3. The van der Waals surface area contributed by atoms with E-state index in [1.54, 1.807) is 29.3 Å². The number of amides is 3. The summed E-state index contributed by atoms with van der Waals surface area (Å²) < 4.78 is 0. The molecule has 1 aromatic heterocycles. The molecular formula is C24H35N7O3S. The molecule has 190 valence electrons. The summed E-state index contributed by atoms with van der Waals surface area (Å²) in [5, 5.41) is 17.7. The van der Waals surface area contributed by atoms with E-state index < -0.39 is 5.92 Å². The minimum Gasteiger partial charge on any atom is -0.355 e. The van der Waals surface area contributed by atoms with E-state index in [1.165, 1.54) is 11.8 Å². The van der Waals surface area contributed by atoms with Gasteiger partial charge in [0.15, 0.2) is 0 Å². The molecule has 0 spiro atoms. The number of anilines is 2. The molecule has 0 aromatic carbocycles. The van der Waals surface area contributed by atoms with Crippen LogP contribution in [0.15, 0.2) is 29.3 Å². The van der Waals surface area contributed by atoms with E-state index in [-0.39, 0.29) is 29.6 Å². The minimum absolute atomic E-state index is 0.107. The summed E-state index contributed by atoms with van der Waals surface area (Å²) in [4.78, 5) is 45.7. The van der Waals surface area contributed by atoms with Gasteiger partial charge < -0.3 is 20.9 Å². The average molecular weight is 502 g/mol. The Bertz CT molecular complexity index is 963. The number of carbonyl (C=O) groups excluding carboxylic acids is 3. The smallest absolute Gasteiger partial charge is 0.262 e. The van der Waals surface area contributed by atoms with Gasteiger partial charge in [0.2, 0.25) is 11.8 Å². The Morgan fingerprint density at radius 3 is 2.71 bits per heavy atom. The van der Waals surface area contributed by atoms with Gasteiger partial charge in [-0.3, -0.25) is 19.3 Å². The number of rotatable bonds is 13. The second kappa shape index (κ2) is 14.3. The monoisotopic (exact) mass is 501 g/mol. The number of nitrogens with zero attached hydrogens (tertiary/aromatic N) is 4. The molecule has 0 bridgehead atoms. The summed E-state index contributed by atoms with van der Waals surface area (Å²) in [7, 11) is 1.89. The fourth-order valence-electron chi connectivity index (χ4n) is 3.66. The first-order chi connectivity index (χ1) is 16.8. The highest BCUT2D eigenvalue weighted by Gasteiger charge is 2.35. The Balaban J connectivity index is 1.99. The number of carbonyl (C=O) groups is 3. The fourth-order valence-corrected chi connectivity index (χ4v) is 4.93. The zero-order valence-electron chi connectivity index (χ0n) is 20.8. The summed E-state index contributed by atoms with van der Waals surface area (Å²) in [5.74, 6) is -0.341. The third-order valence-electron chi connectivity index (χ3n) is 5.34. The van der Waals surface area contributed by atoms with Gasteiger partial charge in [-0.15, -0.1) is 0 Å². The first-order valence-corrected chi connectivity index (χ1v) is 12.8. The quantitative estimate of drug-likeness (QED) is 0.352. The van der Waals surface area contributed by atoms with Gasteiger partial charge in [0, 0.05) is 19.3 Å². The van der Waals surface area contributed by atoms with Crippen molar-refractivity contribution < 1.29 is 14.4 Å². The third kappa shape index (κ3) is 8.56. The molecule has 11 heteroatoms. The zero-order chi connectivity index (χ0) is 25.8. The van der Waals surface area contributed by atoms with E-state index in [9.17, 15) is 19.6 Å². The van der Waals surface area contributed by atoms with Gasteiger partial charge >= 0.3 is 0 Å². The van der Waals surface area contributed by atoms with Crippen LogP contribution >= 0.6 is 11.8 Å². The number of likely N-dealkylation sites (N-methyl/N-ethyl adjacent to an activating group) is 2. The lowest BCUT2D eigenvalue weighted by molar-refractivity contribution is -0.126. The van der Waals surface area contributed by atoms with Crippen LogP contribution in [0.1, 0.15) is 40.0 Å². The molecule has 2 heterocycles. The number of nitrogens with one attached hydrogen (secondary N) is 3. The van der Waals surface area contributed by atoms with E-state index in [2.05, 4.69) is 33.9 Å². The number of hydrogen-bond acceptors (Lipinski definition) is 8. The third-order valence-corrected chi connectivity index (χ3v) is 6.64. The van der Waals surface area contributed by atoms with Crippen molar-refractivity contribution in [1.29, 1.82) is 5.26 Å². The highest BCUT2D eigenvalue weighted by molar-refractivity contribution is 8.05. The Morgan fingerprint density at radius 2 is 2.06 bits per heavy atom. The van der Waals surface area contributed by atoms with Crippen molar-refractivity contribution in [3.63, 3.8) is 0 Å². The van der Waals surface area contributed by atoms with Crippen LogP contribution in [0.3, 0.4) is 0 Å². The zero-order valence-corrected chi connectivity index (χ0v) is 21.7. The van der Waals surface area contributed by atoms with Gasteiger partial charge in [-0.1, -0.05) is 24.8 Å². The summed E-state index contributed by atoms with van der Waals surface area (Å²) in [6.07, 6.45) is 3.49. The average Bonchev–Trinajstić information content (AvgIpc) is 3.12. The largest absolute Gasteiger partial charge is 0.355 e. The molecule has 2 unspecified atom stereocenters. The molecular weight excluding hydrogens is 466 g/mol. The van der Waals surface area contributed by atoms with Gasteiger partial charge in [0.05, 0.1) is 22.9 Å². The van der Waals surface area contributed by atoms with E-state index in [0.29, 0.717) is 42.5 Å². The van der Waals surface area contributed by atoms with Crippen LogP contribution in [0.5, 0.6) is 0 Å². The van der Waals surface area contributed by atoms with Crippen molar-refractivity contribution in [2.75, 3.05) is 43.9 Å². The molecule has 0 saturated carbocycles. The van der Waals surface area contributed by atoms with Crippen LogP contribution in [0.25, 0.3) is 0 Å². The number of aromatic nitrogens is 1. The molecule has 0 radical (unpaired) electrons. The van der Waals surface area contributed by atoms with E-state index in [4.69, 9.17) is 0 Å². The summed E-state index contributed by atoms with van der Waals surface area (Å²) in [6, 6.07) is 7.28. The highest BCUT2D eigenvalue weighted by atomic mass is 32.2. The number of thioether (sulfide) groups is 1.